The van der Waals surface area contributed by atoms with Gasteiger partial charge in [0.25, 0.3) is 5.91 Å². The number of nitrogens with one attached hydrogen (secondary N) is 1. The van der Waals surface area contributed by atoms with E-state index in [-0.39, 0.29) is 5.91 Å². The van der Waals surface area contributed by atoms with Crippen molar-refractivity contribution >= 4 is 11.6 Å². The lowest BCUT2D eigenvalue weighted by Gasteiger charge is -2.16. The molecule has 122 valence electrons. The van der Waals surface area contributed by atoms with Crippen molar-refractivity contribution < 1.29 is 9.53 Å². The van der Waals surface area contributed by atoms with E-state index in [1.54, 1.807) is 7.11 Å². The highest BCUT2D eigenvalue weighted by atomic mass is 16.5. The fraction of sp³-hybridized carbons (Fsp3) is 0.350. The molecule has 1 amide bonds. The van der Waals surface area contributed by atoms with Crippen LogP contribution in [0.2, 0.25) is 0 Å². The molecule has 0 aliphatic heterocycles. The summed E-state index contributed by atoms with van der Waals surface area (Å²) in [6.45, 7) is 10.2. The van der Waals surface area contributed by atoms with Gasteiger partial charge < -0.3 is 10.1 Å². The van der Waals surface area contributed by atoms with E-state index in [4.69, 9.17) is 4.74 Å². The number of rotatable bonds is 4. The van der Waals surface area contributed by atoms with Gasteiger partial charge in [0.1, 0.15) is 5.75 Å². The number of benzene rings is 2. The second-order valence-electron chi connectivity index (χ2n) is 6.39. The normalized spacial score (nSPS) is 10.7. The number of amides is 1. The van der Waals surface area contributed by atoms with Crippen LogP contribution in [0.1, 0.15) is 52.4 Å². The van der Waals surface area contributed by atoms with Crippen molar-refractivity contribution in [2.75, 3.05) is 12.4 Å². The summed E-state index contributed by atoms with van der Waals surface area (Å²) in [6.07, 6.45) is 0. The molecule has 0 fully saturated rings. The Morgan fingerprint density at radius 2 is 1.61 bits per heavy atom. The van der Waals surface area contributed by atoms with Crippen molar-refractivity contribution in [1.29, 1.82) is 0 Å². The zero-order valence-electron chi connectivity index (χ0n) is 14.8. The lowest BCUT2D eigenvalue weighted by Crippen LogP contribution is -2.14. The van der Waals surface area contributed by atoms with Gasteiger partial charge in [-0.2, -0.15) is 0 Å². The van der Waals surface area contributed by atoms with Crippen LogP contribution >= 0.6 is 0 Å². The molecule has 0 bridgehead atoms. The zero-order valence-corrected chi connectivity index (χ0v) is 14.8. The molecule has 0 unspecified atom stereocenters. The van der Waals surface area contributed by atoms with Crippen LogP contribution in [0.4, 0.5) is 5.69 Å². The van der Waals surface area contributed by atoms with Crippen molar-refractivity contribution in [3.63, 3.8) is 0 Å². The molecular formula is C20H25NO2. The quantitative estimate of drug-likeness (QED) is 0.863. The van der Waals surface area contributed by atoms with Crippen LogP contribution in [0.15, 0.2) is 30.3 Å². The number of aryl methyl sites for hydroxylation is 3. The highest BCUT2D eigenvalue weighted by molar-refractivity contribution is 6.05. The summed E-state index contributed by atoms with van der Waals surface area (Å²) in [5.74, 6) is 1.04. The lowest BCUT2D eigenvalue weighted by atomic mass is 9.96. The first kappa shape index (κ1) is 17.1. The molecule has 2 aromatic carbocycles. The van der Waals surface area contributed by atoms with E-state index in [1.165, 1.54) is 0 Å². The second-order valence-corrected chi connectivity index (χ2v) is 6.39. The molecule has 1 N–H and O–H groups in total. The molecule has 0 aromatic heterocycles. The van der Waals surface area contributed by atoms with Gasteiger partial charge in [0.2, 0.25) is 0 Å². The monoisotopic (exact) mass is 311 g/mol. The average Bonchev–Trinajstić information content (AvgIpc) is 2.45. The highest BCUT2D eigenvalue weighted by Crippen LogP contribution is 2.30. The predicted octanol–water partition coefficient (Wildman–Crippen LogP) is 5.00. The van der Waals surface area contributed by atoms with E-state index >= 15 is 0 Å². The highest BCUT2D eigenvalue weighted by Gasteiger charge is 2.16. The van der Waals surface area contributed by atoms with Gasteiger partial charge in [0.15, 0.2) is 0 Å². The SMILES string of the molecule is COc1cc(C)c(C(=O)Nc2cc(C)cc(C)c2)cc1C(C)C. The molecule has 3 nitrogen and oxygen atoms in total. The van der Waals surface area contributed by atoms with E-state index < -0.39 is 0 Å². The Kier molecular flexibility index (Phi) is 5.09. The molecule has 0 saturated heterocycles. The Bertz CT molecular complexity index is 712. The predicted molar refractivity (Wildman–Crippen MR) is 95.7 cm³/mol. The third-order valence-electron chi connectivity index (χ3n) is 3.92. The number of hydrogen-bond acceptors (Lipinski definition) is 2. The van der Waals surface area contributed by atoms with E-state index in [1.807, 2.05) is 45.0 Å². The minimum absolute atomic E-state index is 0.0861. The maximum Gasteiger partial charge on any atom is 0.255 e. The third-order valence-corrected chi connectivity index (χ3v) is 3.92. The first-order valence-electron chi connectivity index (χ1n) is 7.90. The van der Waals surface area contributed by atoms with Crippen LogP contribution in [0.25, 0.3) is 0 Å². The van der Waals surface area contributed by atoms with Gasteiger partial charge in [-0.1, -0.05) is 19.9 Å². The van der Waals surface area contributed by atoms with Crippen molar-refractivity contribution in [1.82, 2.24) is 0 Å². The van der Waals surface area contributed by atoms with E-state index in [0.29, 0.717) is 11.5 Å². The Labute approximate surface area is 138 Å². The first-order chi connectivity index (χ1) is 10.8. The fourth-order valence-electron chi connectivity index (χ4n) is 2.82. The molecule has 0 aliphatic carbocycles. The number of carbonyl (C=O) groups excluding carboxylic acids is 1. The molecule has 0 radical (unpaired) electrons. The molecule has 2 aromatic rings. The minimum Gasteiger partial charge on any atom is -0.496 e. The maximum atomic E-state index is 12.7. The van der Waals surface area contributed by atoms with Crippen LogP contribution in [0, 0.1) is 20.8 Å². The average molecular weight is 311 g/mol. The van der Waals surface area contributed by atoms with Crippen LogP contribution in [0.3, 0.4) is 0 Å². The summed E-state index contributed by atoms with van der Waals surface area (Å²) in [5.41, 5.74) is 5.74. The number of anilines is 1. The molecule has 3 heteroatoms. The number of carbonyl (C=O) groups is 1. The number of hydrogen-bond donors (Lipinski definition) is 1. The number of methoxy groups -OCH3 is 1. The van der Waals surface area contributed by atoms with Gasteiger partial charge in [-0.3, -0.25) is 4.79 Å². The van der Waals surface area contributed by atoms with Crippen LogP contribution in [-0.2, 0) is 0 Å². The van der Waals surface area contributed by atoms with Gasteiger partial charge in [-0.25, -0.2) is 0 Å². The van der Waals surface area contributed by atoms with Gasteiger partial charge in [-0.15, -0.1) is 0 Å². The van der Waals surface area contributed by atoms with Crippen molar-refractivity contribution in [2.45, 2.75) is 40.5 Å². The van der Waals surface area contributed by atoms with E-state index in [2.05, 4.69) is 25.2 Å². The van der Waals surface area contributed by atoms with Crippen molar-refractivity contribution in [3.8, 4) is 5.75 Å². The number of ether oxygens (including phenoxy) is 1. The summed E-state index contributed by atoms with van der Waals surface area (Å²) < 4.78 is 5.44. The smallest absolute Gasteiger partial charge is 0.255 e. The third kappa shape index (κ3) is 3.92. The van der Waals surface area contributed by atoms with Crippen molar-refractivity contribution in [2.24, 2.45) is 0 Å². The maximum absolute atomic E-state index is 12.7. The van der Waals surface area contributed by atoms with Gasteiger partial charge in [0.05, 0.1) is 7.11 Å². The molecule has 0 heterocycles. The Morgan fingerprint density at radius 3 is 2.13 bits per heavy atom. The largest absolute Gasteiger partial charge is 0.496 e. The van der Waals surface area contributed by atoms with Gasteiger partial charge in [-0.05, 0) is 73.2 Å². The summed E-state index contributed by atoms with van der Waals surface area (Å²) in [6, 6.07) is 9.92. The molecule has 2 rings (SSSR count). The molecule has 0 aliphatic rings. The minimum atomic E-state index is -0.0861. The lowest BCUT2D eigenvalue weighted by molar-refractivity contribution is 0.102. The summed E-state index contributed by atoms with van der Waals surface area (Å²) in [5, 5.41) is 3.00. The second kappa shape index (κ2) is 6.86. The Morgan fingerprint density at radius 1 is 1.00 bits per heavy atom. The zero-order chi connectivity index (χ0) is 17.1. The van der Waals surface area contributed by atoms with E-state index in [0.717, 1.165) is 33.7 Å². The van der Waals surface area contributed by atoms with Crippen LogP contribution in [-0.4, -0.2) is 13.0 Å². The fourth-order valence-corrected chi connectivity index (χ4v) is 2.82. The van der Waals surface area contributed by atoms with Crippen LogP contribution < -0.4 is 10.1 Å². The molecule has 0 atom stereocenters. The molecular weight excluding hydrogens is 286 g/mol. The molecule has 23 heavy (non-hydrogen) atoms. The van der Waals surface area contributed by atoms with Gasteiger partial charge >= 0.3 is 0 Å². The molecule has 0 spiro atoms. The Balaban J connectivity index is 2.37. The summed E-state index contributed by atoms with van der Waals surface area (Å²) in [4.78, 5) is 12.7. The first-order valence-corrected chi connectivity index (χ1v) is 7.90. The Hall–Kier alpha value is -2.29. The van der Waals surface area contributed by atoms with Crippen molar-refractivity contribution in [3.05, 3.63) is 58.1 Å². The van der Waals surface area contributed by atoms with E-state index in [9.17, 15) is 4.79 Å². The standard InChI is InChI=1S/C20H25NO2/c1-12(2)17-11-18(15(5)10-19(17)23-6)20(22)21-16-8-13(3)7-14(4)9-16/h7-12H,1-6H3,(H,21,22). The van der Waals surface area contributed by atoms with Gasteiger partial charge in [0, 0.05) is 11.3 Å². The van der Waals surface area contributed by atoms with Crippen LogP contribution in [0.5, 0.6) is 5.75 Å². The summed E-state index contributed by atoms with van der Waals surface area (Å²) in [7, 11) is 1.66. The molecule has 0 saturated carbocycles. The topological polar surface area (TPSA) is 38.3 Å². The summed E-state index contributed by atoms with van der Waals surface area (Å²) >= 11 is 0.